The molecule has 2 rings (SSSR count). The second kappa shape index (κ2) is 4.81. The van der Waals surface area contributed by atoms with Crippen LogP contribution in [-0.4, -0.2) is 11.3 Å². The molecule has 0 aliphatic carbocycles. The van der Waals surface area contributed by atoms with Gasteiger partial charge in [-0.1, -0.05) is 44.5 Å². The fraction of sp³-hybridized carbons (Fsp3) is 0.357. The number of fused-ring (bicyclic) bond motifs is 1. The Kier molecular flexibility index (Phi) is 3.58. The first-order valence-corrected chi connectivity index (χ1v) is 6.31. The predicted molar refractivity (Wildman–Crippen MR) is 72.1 cm³/mol. The van der Waals surface area contributed by atoms with Gasteiger partial charge < -0.3 is 4.74 Å². The molecule has 0 spiro atoms. The van der Waals surface area contributed by atoms with Gasteiger partial charge >= 0.3 is 6.36 Å². The highest BCUT2D eigenvalue weighted by atomic mass is 35.5. The van der Waals surface area contributed by atoms with E-state index in [1.54, 1.807) is 12.1 Å². The molecular weight excluding hydrogens is 291 g/mol. The highest BCUT2D eigenvalue weighted by molar-refractivity contribution is 6.35. The van der Waals surface area contributed by atoms with E-state index in [4.69, 9.17) is 11.6 Å². The molecule has 1 aromatic heterocycles. The van der Waals surface area contributed by atoms with E-state index in [2.05, 4.69) is 9.72 Å². The highest BCUT2D eigenvalue weighted by Gasteiger charge is 2.32. The summed E-state index contributed by atoms with van der Waals surface area (Å²) in [4.78, 5) is 4.28. The van der Waals surface area contributed by atoms with E-state index in [9.17, 15) is 13.2 Å². The average molecular weight is 304 g/mol. The molecule has 1 aromatic carbocycles. The lowest BCUT2D eigenvalue weighted by Crippen LogP contribution is -2.18. The van der Waals surface area contributed by atoms with Gasteiger partial charge in [0.2, 0.25) is 0 Å². The largest absolute Gasteiger partial charge is 0.573 e. The number of nitrogens with zero attached hydrogens (tertiary/aromatic N) is 1. The summed E-state index contributed by atoms with van der Waals surface area (Å²) in [5.41, 5.74) is 0.388. The van der Waals surface area contributed by atoms with Crippen LogP contribution in [0.3, 0.4) is 0 Å². The Bertz CT molecular complexity index is 647. The molecule has 1 heterocycles. The number of halogens is 4. The molecule has 108 valence electrons. The number of para-hydroxylation sites is 1. The normalized spacial score (nSPS) is 12.8. The third-order valence-corrected chi connectivity index (χ3v) is 3.06. The minimum absolute atomic E-state index is 0.113. The van der Waals surface area contributed by atoms with E-state index in [0.717, 1.165) is 0 Å². The molecule has 0 radical (unpaired) electrons. The summed E-state index contributed by atoms with van der Waals surface area (Å²) in [6, 6.07) is 5.96. The smallest absolute Gasteiger partial charge is 0.403 e. The summed E-state index contributed by atoms with van der Waals surface area (Å²) in [5.74, 6) is -0.344. The van der Waals surface area contributed by atoms with Gasteiger partial charge in [0.25, 0.3) is 0 Å². The summed E-state index contributed by atoms with van der Waals surface area (Å²) in [5, 5.41) is 0.786. The van der Waals surface area contributed by atoms with Crippen molar-refractivity contribution in [3.8, 4) is 5.75 Å². The third-order valence-electron chi connectivity index (χ3n) is 2.75. The van der Waals surface area contributed by atoms with Crippen LogP contribution in [0, 0.1) is 0 Å². The number of aromatic nitrogens is 1. The number of pyridine rings is 1. The van der Waals surface area contributed by atoms with Crippen LogP contribution in [0.2, 0.25) is 5.02 Å². The van der Waals surface area contributed by atoms with Crippen molar-refractivity contribution < 1.29 is 17.9 Å². The number of benzene rings is 1. The minimum Gasteiger partial charge on any atom is -0.403 e. The van der Waals surface area contributed by atoms with Crippen molar-refractivity contribution in [2.75, 3.05) is 0 Å². The van der Waals surface area contributed by atoms with Crippen LogP contribution < -0.4 is 4.74 Å². The van der Waals surface area contributed by atoms with Gasteiger partial charge in [0.1, 0.15) is 5.52 Å². The van der Waals surface area contributed by atoms with E-state index in [-0.39, 0.29) is 16.7 Å². The first kappa shape index (κ1) is 14.9. The molecule has 0 amide bonds. The van der Waals surface area contributed by atoms with Gasteiger partial charge in [-0.3, -0.25) is 0 Å². The standard InChI is InChI=1S/C14H13ClF3NO/c1-13(2,3)11-7-9(15)8-5-4-6-10(12(8)19-11)20-14(16,17)18/h4-7H,1-3H3. The zero-order valence-corrected chi connectivity index (χ0v) is 11.9. The van der Waals surface area contributed by atoms with E-state index in [0.29, 0.717) is 16.1 Å². The van der Waals surface area contributed by atoms with Crippen LogP contribution in [0.5, 0.6) is 5.75 Å². The lowest BCUT2D eigenvalue weighted by Gasteiger charge is -2.19. The van der Waals surface area contributed by atoms with E-state index in [1.807, 2.05) is 20.8 Å². The van der Waals surface area contributed by atoms with Crippen molar-refractivity contribution in [2.24, 2.45) is 0 Å². The Morgan fingerprint density at radius 3 is 2.35 bits per heavy atom. The maximum absolute atomic E-state index is 12.4. The van der Waals surface area contributed by atoms with Gasteiger partial charge in [0, 0.05) is 16.5 Å². The Labute approximate surface area is 119 Å². The zero-order valence-electron chi connectivity index (χ0n) is 11.2. The first-order chi connectivity index (χ1) is 9.08. The summed E-state index contributed by atoms with van der Waals surface area (Å²) >= 11 is 6.13. The van der Waals surface area contributed by atoms with Crippen LogP contribution in [0.4, 0.5) is 13.2 Å². The van der Waals surface area contributed by atoms with Crippen LogP contribution in [0.25, 0.3) is 10.9 Å². The van der Waals surface area contributed by atoms with Crippen molar-refractivity contribution in [1.29, 1.82) is 0 Å². The predicted octanol–water partition coefficient (Wildman–Crippen LogP) is 5.08. The lowest BCUT2D eigenvalue weighted by molar-refractivity contribution is -0.274. The molecular formula is C14H13ClF3NO. The molecule has 0 aliphatic rings. The van der Waals surface area contributed by atoms with Crippen molar-refractivity contribution in [3.63, 3.8) is 0 Å². The quantitative estimate of drug-likeness (QED) is 0.732. The van der Waals surface area contributed by atoms with Crippen molar-refractivity contribution in [2.45, 2.75) is 32.5 Å². The van der Waals surface area contributed by atoms with E-state index >= 15 is 0 Å². The molecule has 0 atom stereocenters. The topological polar surface area (TPSA) is 22.1 Å². The van der Waals surface area contributed by atoms with Crippen molar-refractivity contribution >= 4 is 22.5 Å². The molecule has 0 fully saturated rings. The number of hydrogen-bond donors (Lipinski definition) is 0. The average Bonchev–Trinajstić information content (AvgIpc) is 2.26. The fourth-order valence-corrected chi connectivity index (χ4v) is 2.03. The number of hydrogen-bond acceptors (Lipinski definition) is 2. The molecule has 6 heteroatoms. The Hall–Kier alpha value is -1.49. The third kappa shape index (κ3) is 3.15. The lowest BCUT2D eigenvalue weighted by atomic mass is 9.91. The maximum atomic E-state index is 12.4. The van der Waals surface area contributed by atoms with Crippen LogP contribution in [0.15, 0.2) is 24.3 Å². The number of rotatable bonds is 1. The second-order valence-electron chi connectivity index (χ2n) is 5.44. The SMILES string of the molecule is CC(C)(C)c1cc(Cl)c2cccc(OC(F)(F)F)c2n1. The molecule has 0 bridgehead atoms. The monoisotopic (exact) mass is 303 g/mol. The highest BCUT2D eigenvalue weighted by Crippen LogP contribution is 2.35. The van der Waals surface area contributed by atoms with Crippen molar-refractivity contribution in [3.05, 3.63) is 35.0 Å². The van der Waals surface area contributed by atoms with Gasteiger partial charge in [-0.05, 0) is 12.1 Å². The number of ether oxygens (including phenoxy) is 1. The molecule has 0 aliphatic heterocycles. The molecule has 2 aromatic rings. The Balaban J connectivity index is 2.69. The Morgan fingerprint density at radius 2 is 1.80 bits per heavy atom. The molecule has 0 saturated carbocycles. The van der Waals surface area contributed by atoms with E-state index < -0.39 is 6.36 Å². The zero-order chi connectivity index (χ0) is 15.1. The molecule has 20 heavy (non-hydrogen) atoms. The summed E-state index contributed by atoms with van der Waals surface area (Å²) < 4.78 is 41.3. The second-order valence-corrected chi connectivity index (χ2v) is 5.85. The van der Waals surface area contributed by atoms with E-state index in [1.165, 1.54) is 12.1 Å². The van der Waals surface area contributed by atoms with Gasteiger partial charge in [-0.15, -0.1) is 13.2 Å². The molecule has 2 nitrogen and oxygen atoms in total. The van der Waals surface area contributed by atoms with Crippen LogP contribution >= 0.6 is 11.6 Å². The van der Waals surface area contributed by atoms with Crippen LogP contribution in [-0.2, 0) is 5.41 Å². The van der Waals surface area contributed by atoms with Gasteiger partial charge in [-0.25, -0.2) is 4.98 Å². The molecule has 0 unspecified atom stereocenters. The summed E-state index contributed by atoms with van der Waals surface area (Å²) in [6.07, 6.45) is -4.76. The Morgan fingerprint density at radius 1 is 1.15 bits per heavy atom. The number of alkyl halides is 3. The molecule has 0 N–H and O–H groups in total. The fourth-order valence-electron chi connectivity index (χ4n) is 1.77. The maximum Gasteiger partial charge on any atom is 0.573 e. The van der Waals surface area contributed by atoms with Crippen LogP contribution in [0.1, 0.15) is 26.5 Å². The summed E-state index contributed by atoms with van der Waals surface area (Å²) in [7, 11) is 0. The molecule has 0 saturated heterocycles. The van der Waals surface area contributed by atoms with Gasteiger partial charge in [0.05, 0.1) is 5.02 Å². The van der Waals surface area contributed by atoms with Gasteiger partial charge in [0.15, 0.2) is 5.75 Å². The summed E-state index contributed by atoms with van der Waals surface area (Å²) in [6.45, 7) is 5.72. The van der Waals surface area contributed by atoms with Gasteiger partial charge in [-0.2, -0.15) is 0 Å². The minimum atomic E-state index is -4.76. The first-order valence-electron chi connectivity index (χ1n) is 5.93. The van der Waals surface area contributed by atoms with Crippen molar-refractivity contribution in [1.82, 2.24) is 4.98 Å².